The fourth-order valence-electron chi connectivity index (χ4n) is 10.2. The Balaban J connectivity index is 1.06. The Kier molecular flexibility index (Phi) is 8.33. The Hall–Kier alpha value is -7.43. The molecule has 0 atom stereocenters. The highest BCUT2D eigenvalue weighted by molar-refractivity contribution is 6.19. The van der Waals surface area contributed by atoms with E-state index in [0.29, 0.717) is 17.5 Å². The summed E-state index contributed by atoms with van der Waals surface area (Å²) in [5, 5.41) is 9.65. The molecule has 9 aromatic carbocycles. The van der Waals surface area contributed by atoms with E-state index in [9.17, 15) is 0 Å². The van der Waals surface area contributed by atoms with E-state index in [-0.39, 0.29) is 10.8 Å². The molecule has 2 heterocycles. The minimum Gasteiger partial charge on any atom is -0.309 e. The van der Waals surface area contributed by atoms with E-state index < -0.39 is 0 Å². The first kappa shape index (κ1) is 37.3. The lowest BCUT2D eigenvalue weighted by Gasteiger charge is -2.42. The second-order valence-corrected chi connectivity index (χ2v) is 18.8. The Morgan fingerprint density at radius 2 is 0.873 bits per heavy atom. The molecule has 0 bridgehead atoms. The summed E-state index contributed by atoms with van der Waals surface area (Å²) >= 11 is 0. The van der Waals surface area contributed by atoms with Crippen LogP contribution in [0.5, 0.6) is 0 Å². The van der Waals surface area contributed by atoms with Crippen LogP contribution in [-0.2, 0) is 10.8 Å². The van der Waals surface area contributed by atoms with Gasteiger partial charge in [-0.1, -0.05) is 167 Å². The SMILES string of the molecule is CC1(C)CCC(C)(C)c2cc3c(cc21)c1ccc2ccccc2c1n3-c1cccc(-c2nc(-c3ccc4ccccc4c3)nc(-c3ccc4cc(-c5ccccc5)ccc4c3)n2)c1. The minimum absolute atomic E-state index is 0.0671. The van der Waals surface area contributed by atoms with E-state index in [0.717, 1.165) is 39.6 Å². The van der Waals surface area contributed by atoms with Gasteiger partial charge in [0.25, 0.3) is 0 Å². The summed E-state index contributed by atoms with van der Waals surface area (Å²) in [5.41, 5.74) is 11.8. The minimum atomic E-state index is 0.0671. The van der Waals surface area contributed by atoms with Crippen molar-refractivity contribution in [3.8, 4) is 51.0 Å². The molecule has 0 saturated heterocycles. The predicted molar refractivity (Wildman–Crippen MR) is 264 cm³/mol. The zero-order chi connectivity index (χ0) is 42.5. The van der Waals surface area contributed by atoms with Crippen LogP contribution >= 0.6 is 0 Å². The zero-order valence-electron chi connectivity index (χ0n) is 36.0. The van der Waals surface area contributed by atoms with Crippen molar-refractivity contribution in [1.82, 2.24) is 19.5 Å². The van der Waals surface area contributed by atoms with E-state index in [1.807, 2.05) is 0 Å². The highest BCUT2D eigenvalue weighted by Crippen LogP contribution is 2.49. The van der Waals surface area contributed by atoms with Gasteiger partial charge in [-0.2, -0.15) is 0 Å². The maximum atomic E-state index is 5.29. The summed E-state index contributed by atoms with van der Waals surface area (Å²) in [7, 11) is 0. The van der Waals surface area contributed by atoms with Crippen LogP contribution in [0.25, 0.3) is 105 Å². The van der Waals surface area contributed by atoms with Crippen molar-refractivity contribution >= 4 is 54.1 Å². The van der Waals surface area contributed by atoms with E-state index in [1.54, 1.807) is 0 Å². The molecule has 1 aliphatic carbocycles. The Labute approximate surface area is 367 Å². The number of aromatic nitrogens is 4. The van der Waals surface area contributed by atoms with Crippen molar-refractivity contribution in [3.05, 3.63) is 193 Å². The van der Waals surface area contributed by atoms with Crippen LogP contribution in [0, 0.1) is 0 Å². The summed E-state index contributed by atoms with van der Waals surface area (Å²) in [5.74, 6) is 1.92. The molecular weight excluding hydrogens is 765 g/mol. The number of hydrogen-bond donors (Lipinski definition) is 0. The molecule has 63 heavy (non-hydrogen) atoms. The Bertz CT molecular complexity index is 3630. The van der Waals surface area contributed by atoms with Crippen LogP contribution in [0.15, 0.2) is 182 Å². The van der Waals surface area contributed by atoms with Gasteiger partial charge in [0, 0.05) is 38.5 Å². The second kappa shape index (κ2) is 14.1. The first-order chi connectivity index (χ1) is 30.7. The molecule has 0 fully saturated rings. The number of fused-ring (bicyclic) bond motifs is 8. The molecule has 0 amide bonds. The van der Waals surface area contributed by atoms with Crippen molar-refractivity contribution in [3.63, 3.8) is 0 Å². The molecule has 0 spiro atoms. The molecule has 0 N–H and O–H groups in total. The predicted octanol–water partition coefficient (Wildman–Crippen LogP) is 15.4. The molecule has 302 valence electrons. The van der Waals surface area contributed by atoms with Crippen LogP contribution in [0.3, 0.4) is 0 Å². The monoisotopic (exact) mass is 810 g/mol. The molecule has 12 rings (SSSR count). The van der Waals surface area contributed by atoms with Gasteiger partial charge in [0.1, 0.15) is 0 Å². The molecule has 4 heteroatoms. The molecule has 0 aliphatic heterocycles. The Morgan fingerprint density at radius 3 is 1.57 bits per heavy atom. The summed E-state index contributed by atoms with van der Waals surface area (Å²) in [6.07, 6.45) is 2.33. The lowest BCUT2D eigenvalue weighted by atomic mass is 9.63. The standard InChI is InChI=1S/C59H46N4/c1-58(2)29-30-59(3,4)52-36-53-50(35-51(52)58)49-28-27-39-16-10-11-20-48(39)54(49)63(53)47-19-12-18-44(34-47)55-60-56(45-25-21-38-15-8-9-17-40(38)32-45)62-57(61-55)46-26-24-42-31-41(22-23-43(42)33-46)37-13-6-5-7-14-37/h5-28,31-36H,29-30H2,1-4H3. The van der Waals surface area contributed by atoms with E-state index in [4.69, 9.17) is 15.0 Å². The van der Waals surface area contributed by atoms with Crippen molar-refractivity contribution in [2.24, 2.45) is 0 Å². The number of nitrogens with zero attached hydrogens (tertiary/aromatic N) is 4. The molecule has 0 unspecified atom stereocenters. The summed E-state index contributed by atoms with van der Waals surface area (Å²) in [6.45, 7) is 9.66. The molecular formula is C59H46N4. The fraction of sp³-hybridized carbons (Fsp3) is 0.136. The lowest BCUT2D eigenvalue weighted by Crippen LogP contribution is -2.33. The van der Waals surface area contributed by atoms with Crippen LogP contribution in [0.1, 0.15) is 51.7 Å². The first-order valence-corrected chi connectivity index (χ1v) is 22.1. The van der Waals surface area contributed by atoms with Crippen molar-refractivity contribution in [1.29, 1.82) is 0 Å². The molecule has 0 radical (unpaired) electrons. The van der Waals surface area contributed by atoms with Crippen molar-refractivity contribution < 1.29 is 0 Å². The maximum Gasteiger partial charge on any atom is 0.164 e. The third kappa shape index (κ3) is 6.23. The van der Waals surface area contributed by atoms with Gasteiger partial charge in [0.15, 0.2) is 17.5 Å². The largest absolute Gasteiger partial charge is 0.309 e. The quantitative estimate of drug-likeness (QED) is 0.174. The summed E-state index contributed by atoms with van der Waals surface area (Å²) in [6, 6.07) is 65.8. The first-order valence-electron chi connectivity index (χ1n) is 22.1. The van der Waals surface area contributed by atoms with Gasteiger partial charge >= 0.3 is 0 Å². The van der Waals surface area contributed by atoms with E-state index in [2.05, 4.69) is 214 Å². The molecule has 4 nitrogen and oxygen atoms in total. The average Bonchev–Trinajstić information content (AvgIpc) is 3.66. The lowest BCUT2D eigenvalue weighted by molar-refractivity contribution is 0.332. The van der Waals surface area contributed by atoms with Crippen LogP contribution in [0.2, 0.25) is 0 Å². The highest BCUT2D eigenvalue weighted by Gasteiger charge is 2.38. The van der Waals surface area contributed by atoms with Gasteiger partial charge in [-0.3, -0.25) is 0 Å². The van der Waals surface area contributed by atoms with Crippen LogP contribution < -0.4 is 0 Å². The number of hydrogen-bond acceptors (Lipinski definition) is 3. The van der Waals surface area contributed by atoms with Gasteiger partial charge in [0.2, 0.25) is 0 Å². The van der Waals surface area contributed by atoms with Gasteiger partial charge < -0.3 is 4.57 Å². The number of benzene rings is 9. The highest BCUT2D eigenvalue weighted by atomic mass is 15.0. The average molecular weight is 811 g/mol. The molecule has 2 aromatic heterocycles. The van der Waals surface area contributed by atoms with Gasteiger partial charge in [-0.25, -0.2) is 15.0 Å². The van der Waals surface area contributed by atoms with Crippen LogP contribution in [0.4, 0.5) is 0 Å². The third-order valence-electron chi connectivity index (χ3n) is 13.8. The molecule has 0 saturated carbocycles. The van der Waals surface area contributed by atoms with Crippen molar-refractivity contribution in [2.45, 2.75) is 51.4 Å². The topological polar surface area (TPSA) is 43.6 Å². The van der Waals surface area contributed by atoms with Gasteiger partial charge in [-0.05, 0) is 115 Å². The smallest absolute Gasteiger partial charge is 0.164 e. The van der Waals surface area contributed by atoms with Gasteiger partial charge in [-0.15, -0.1) is 0 Å². The van der Waals surface area contributed by atoms with Crippen molar-refractivity contribution in [2.75, 3.05) is 0 Å². The van der Waals surface area contributed by atoms with Gasteiger partial charge in [0.05, 0.1) is 11.0 Å². The molecule has 11 aromatic rings. The third-order valence-corrected chi connectivity index (χ3v) is 13.8. The zero-order valence-corrected chi connectivity index (χ0v) is 36.0. The van der Waals surface area contributed by atoms with Crippen LogP contribution in [-0.4, -0.2) is 19.5 Å². The molecule has 1 aliphatic rings. The van der Waals surface area contributed by atoms with E-state index in [1.165, 1.54) is 72.0 Å². The summed E-state index contributed by atoms with van der Waals surface area (Å²) in [4.78, 5) is 15.8. The Morgan fingerprint density at radius 1 is 0.365 bits per heavy atom. The number of rotatable bonds is 5. The normalized spacial score (nSPS) is 14.5. The maximum absolute atomic E-state index is 5.29. The second-order valence-electron chi connectivity index (χ2n) is 18.8. The summed E-state index contributed by atoms with van der Waals surface area (Å²) < 4.78 is 2.49. The van der Waals surface area contributed by atoms with E-state index >= 15 is 0 Å². The fourth-order valence-corrected chi connectivity index (χ4v) is 10.2.